The molecule has 0 aliphatic carbocycles. The Morgan fingerprint density at radius 1 is 1.33 bits per heavy atom. The van der Waals surface area contributed by atoms with Gasteiger partial charge < -0.3 is 10.1 Å². The molecular formula is C12H26N2O. The van der Waals surface area contributed by atoms with Gasteiger partial charge in [-0.1, -0.05) is 6.92 Å². The van der Waals surface area contributed by atoms with Crippen molar-refractivity contribution in [2.45, 2.75) is 45.7 Å². The van der Waals surface area contributed by atoms with Gasteiger partial charge in [-0.25, -0.2) is 0 Å². The monoisotopic (exact) mass is 214 g/mol. The minimum Gasteiger partial charge on any atom is -0.379 e. The van der Waals surface area contributed by atoms with Gasteiger partial charge in [-0.15, -0.1) is 0 Å². The summed E-state index contributed by atoms with van der Waals surface area (Å²) >= 11 is 0. The molecular weight excluding hydrogens is 188 g/mol. The normalized spacial score (nSPS) is 21.6. The van der Waals surface area contributed by atoms with Crippen LogP contribution < -0.4 is 5.32 Å². The van der Waals surface area contributed by atoms with E-state index in [2.05, 4.69) is 37.9 Å². The first-order chi connectivity index (χ1) is 7.06. The molecule has 0 bridgehead atoms. The van der Waals surface area contributed by atoms with Gasteiger partial charge in [0.15, 0.2) is 0 Å². The second-order valence-electron chi connectivity index (χ2n) is 5.10. The third-order valence-corrected chi connectivity index (χ3v) is 3.36. The lowest BCUT2D eigenvalue weighted by Crippen LogP contribution is -2.55. The van der Waals surface area contributed by atoms with Crippen molar-refractivity contribution in [2.75, 3.05) is 32.8 Å². The summed E-state index contributed by atoms with van der Waals surface area (Å²) < 4.78 is 5.38. The van der Waals surface area contributed by atoms with Crippen LogP contribution in [0.2, 0.25) is 0 Å². The van der Waals surface area contributed by atoms with E-state index in [-0.39, 0.29) is 5.54 Å². The molecule has 0 amide bonds. The molecule has 0 aromatic heterocycles. The van der Waals surface area contributed by atoms with E-state index in [1.54, 1.807) is 0 Å². The predicted octanol–water partition coefficient (Wildman–Crippen LogP) is 1.49. The Balaban J connectivity index is 2.35. The zero-order valence-electron chi connectivity index (χ0n) is 10.7. The van der Waals surface area contributed by atoms with Gasteiger partial charge in [0.2, 0.25) is 0 Å². The van der Waals surface area contributed by atoms with Crippen molar-refractivity contribution < 1.29 is 4.74 Å². The van der Waals surface area contributed by atoms with Gasteiger partial charge in [0, 0.05) is 31.2 Å². The highest BCUT2D eigenvalue weighted by molar-refractivity contribution is 4.85. The molecule has 1 atom stereocenters. The third-order valence-electron chi connectivity index (χ3n) is 3.36. The Kier molecular flexibility index (Phi) is 5.03. The number of morpholine rings is 1. The molecule has 1 saturated heterocycles. The molecule has 15 heavy (non-hydrogen) atoms. The Morgan fingerprint density at radius 3 is 2.47 bits per heavy atom. The predicted molar refractivity (Wildman–Crippen MR) is 64.2 cm³/mol. The van der Waals surface area contributed by atoms with Gasteiger partial charge in [0.25, 0.3) is 0 Å². The summed E-state index contributed by atoms with van der Waals surface area (Å²) in [5.41, 5.74) is 0.243. The molecule has 1 N–H and O–H groups in total. The summed E-state index contributed by atoms with van der Waals surface area (Å²) in [5, 5.41) is 3.59. The first-order valence-corrected chi connectivity index (χ1v) is 6.12. The van der Waals surface area contributed by atoms with Crippen LogP contribution in [-0.4, -0.2) is 49.3 Å². The zero-order valence-corrected chi connectivity index (χ0v) is 10.7. The summed E-state index contributed by atoms with van der Waals surface area (Å²) in [6, 6.07) is 0.616. The van der Waals surface area contributed by atoms with Crippen molar-refractivity contribution >= 4 is 0 Å². The molecule has 1 aliphatic rings. The van der Waals surface area contributed by atoms with Crippen LogP contribution in [0.5, 0.6) is 0 Å². The molecule has 90 valence electrons. The maximum atomic E-state index is 5.38. The molecule has 3 heteroatoms. The van der Waals surface area contributed by atoms with Crippen LogP contribution in [0.25, 0.3) is 0 Å². The number of rotatable bonds is 5. The van der Waals surface area contributed by atoms with Crippen LogP contribution in [0.1, 0.15) is 34.1 Å². The number of ether oxygens (including phenoxy) is 1. The van der Waals surface area contributed by atoms with E-state index in [9.17, 15) is 0 Å². The smallest absolute Gasteiger partial charge is 0.0594 e. The molecule has 1 unspecified atom stereocenters. The number of nitrogens with one attached hydrogen (secondary N) is 1. The van der Waals surface area contributed by atoms with Gasteiger partial charge in [-0.2, -0.15) is 0 Å². The summed E-state index contributed by atoms with van der Waals surface area (Å²) in [6.45, 7) is 14.0. The maximum absolute atomic E-state index is 5.38. The summed E-state index contributed by atoms with van der Waals surface area (Å²) in [5.74, 6) is 0. The second kappa shape index (κ2) is 5.83. The summed E-state index contributed by atoms with van der Waals surface area (Å²) in [6.07, 6.45) is 1.19. The first-order valence-electron chi connectivity index (χ1n) is 6.12. The van der Waals surface area contributed by atoms with Crippen LogP contribution in [0.3, 0.4) is 0 Å². The minimum absolute atomic E-state index is 0.243. The van der Waals surface area contributed by atoms with E-state index in [0.717, 1.165) is 32.8 Å². The fourth-order valence-electron chi connectivity index (χ4n) is 1.85. The van der Waals surface area contributed by atoms with Crippen LogP contribution in [0.15, 0.2) is 0 Å². The van der Waals surface area contributed by atoms with Crippen molar-refractivity contribution in [1.82, 2.24) is 10.2 Å². The molecule has 1 rings (SSSR count). The number of hydrogen-bond acceptors (Lipinski definition) is 3. The Morgan fingerprint density at radius 2 is 1.93 bits per heavy atom. The second-order valence-corrected chi connectivity index (χ2v) is 5.10. The van der Waals surface area contributed by atoms with Crippen molar-refractivity contribution in [3.05, 3.63) is 0 Å². The lowest BCUT2D eigenvalue weighted by atomic mass is 10.0. The quantitative estimate of drug-likeness (QED) is 0.750. The molecule has 1 aliphatic heterocycles. The largest absolute Gasteiger partial charge is 0.379 e. The lowest BCUT2D eigenvalue weighted by molar-refractivity contribution is -0.0102. The van der Waals surface area contributed by atoms with E-state index >= 15 is 0 Å². The van der Waals surface area contributed by atoms with Crippen molar-refractivity contribution in [2.24, 2.45) is 0 Å². The maximum Gasteiger partial charge on any atom is 0.0594 e. The van der Waals surface area contributed by atoms with Crippen LogP contribution in [-0.2, 0) is 4.74 Å². The number of nitrogens with zero attached hydrogens (tertiary/aromatic N) is 1. The summed E-state index contributed by atoms with van der Waals surface area (Å²) in [7, 11) is 0. The Labute approximate surface area is 94.2 Å². The van der Waals surface area contributed by atoms with Gasteiger partial charge >= 0.3 is 0 Å². The third kappa shape index (κ3) is 4.09. The van der Waals surface area contributed by atoms with Gasteiger partial charge in [0.05, 0.1) is 13.2 Å². The number of hydrogen-bond donors (Lipinski definition) is 1. The fourth-order valence-corrected chi connectivity index (χ4v) is 1.85. The van der Waals surface area contributed by atoms with E-state index in [0.29, 0.717) is 6.04 Å². The van der Waals surface area contributed by atoms with Gasteiger partial charge in [0.1, 0.15) is 0 Å². The standard InChI is InChI=1S/C12H26N2O/c1-5-11(2)13-10-12(3,4)14-6-8-15-9-7-14/h11,13H,5-10H2,1-4H3. The van der Waals surface area contributed by atoms with Crippen molar-refractivity contribution in [3.63, 3.8) is 0 Å². The van der Waals surface area contributed by atoms with Crippen LogP contribution >= 0.6 is 0 Å². The minimum atomic E-state index is 0.243. The van der Waals surface area contributed by atoms with E-state index in [1.165, 1.54) is 6.42 Å². The molecule has 0 aromatic rings. The highest BCUT2D eigenvalue weighted by Gasteiger charge is 2.27. The Hall–Kier alpha value is -0.120. The molecule has 0 saturated carbocycles. The van der Waals surface area contributed by atoms with Crippen LogP contribution in [0.4, 0.5) is 0 Å². The van der Waals surface area contributed by atoms with E-state index in [4.69, 9.17) is 4.74 Å². The SMILES string of the molecule is CCC(C)NCC(C)(C)N1CCOCC1. The van der Waals surface area contributed by atoms with E-state index < -0.39 is 0 Å². The molecule has 3 nitrogen and oxygen atoms in total. The van der Waals surface area contributed by atoms with Crippen LogP contribution in [0, 0.1) is 0 Å². The first kappa shape index (κ1) is 12.9. The molecule has 1 heterocycles. The Bertz CT molecular complexity index is 176. The molecule has 0 spiro atoms. The van der Waals surface area contributed by atoms with E-state index in [1.807, 2.05) is 0 Å². The van der Waals surface area contributed by atoms with Crippen molar-refractivity contribution in [1.29, 1.82) is 0 Å². The highest BCUT2D eigenvalue weighted by atomic mass is 16.5. The van der Waals surface area contributed by atoms with Crippen molar-refractivity contribution in [3.8, 4) is 0 Å². The highest BCUT2D eigenvalue weighted by Crippen LogP contribution is 2.15. The lowest BCUT2D eigenvalue weighted by Gasteiger charge is -2.41. The summed E-state index contributed by atoms with van der Waals surface area (Å²) in [4.78, 5) is 2.52. The average molecular weight is 214 g/mol. The molecule has 0 radical (unpaired) electrons. The topological polar surface area (TPSA) is 24.5 Å². The molecule has 1 fully saturated rings. The zero-order chi connectivity index (χ0) is 11.3. The van der Waals surface area contributed by atoms with Gasteiger partial charge in [-0.3, -0.25) is 4.90 Å². The molecule has 0 aromatic carbocycles. The van der Waals surface area contributed by atoms with Gasteiger partial charge in [-0.05, 0) is 27.2 Å². The fraction of sp³-hybridized carbons (Fsp3) is 1.00. The average Bonchev–Trinajstić information content (AvgIpc) is 2.27.